The van der Waals surface area contributed by atoms with Gasteiger partial charge in [0.05, 0.1) is 11.7 Å². The lowest BCUT2D eigenvalue weighted by molar-refractivity contribution is -0.131. The smallest absolute Gasteiger partial charge is 0.335 e. The van der Waals surface area contributed by atoms with Gasteiger partial charge in [-0.05, 0) is 66.0 Å². The number of anilines is 1. The van der Waals surface area contributed by atoms with E-state index in [9.17, 15) is 9.59 Å². The van der Waals surface area contributed by atoms with Crippen LogP contribution in [0.4, 0.5) is 5.69 Å². The molecule has 1 aliphatic carbocycles. The summed E-state index contributed by atoms with van der Waals surface area (Å²) in [6.45, 7) is 7.93. The Morgan fingerprint density at radius 2 is 1.64 bits per heavy atom. The van der Waals surface area contributed by atoms with Gasteiger partial charge >= 0.3 is 5.97 Å². The first-order valence-corrected chi connectivity index (χ1v) is 11.8. The lowest BCUT2D eigenvalue weighted by atomic mass is 9.75. The van der Waals surface area contributed by atoms with Gasteiger partial charge in [0, 0.05) is 18.8 Å². The van der Waals surface area contributed by atoms with Gasteiger partial charge in [-0.2, -0.15) is 0 Å². The van der Waals surface area contributed by atoms with Crippen molar-refractivity contribution in [2.45, 2.75) is 59.2 Å². The van der Waals surface area contributed by atoms with E-state index in [1.54, 1.807) is 24.3 Å². The number of carbonyl (C=O) groups excluding carboxylic acids is 1. The largest absolute Gasteiger partial charge is 0.478 e. The van der Waals surface area contributed by atoms with E-state index in [4.69, 9.17) is 9.84 Å². The van der Waals surface area contributed by atoms with Gasteiger partial charge in [-0.25, -0.2) is 4.79 Å². The molecular formula is C27H36N2O4. The minimum absolute atomic E-state index is 0.0808. The van der Waals surface area contributed by atoms with Crippen LogP contribution in [0.2, 0.25) is 0 Å². The summed E-state index contributed by atoms with van der Waals surface area (Å²) in [6.07, 6.45) is 3.63. The Balaban J connectivity index is 1.40. The Morgan fingerprint density at radius 3 is 2.27 bits per heavy atom. The minimum atomic E-state index is -0.924. The summed E-state index contributed by atoms with van der Waals surface area (Å²) in [4.78, 5) is 23.3. The van der Waals surface area contributed by atoms with E-state index in [1.165, 1.54) is 12.8 Å². The average Bonchev–Trinajstić information content (AvgIpc) is 2.80. The van der Waals surface area contributed by atoms with Crippen molar-refractivity contribution in [3.05, 3.63) is 65.2 Å². The monoisotopic (exact) mass is 452 g/mol. The molecule has 0 aromatic heterocycles. The third kappa shape index (κ3) is 7.60. The molecule has 3 rings (SSSR count). The number of hydrogen-bond donors (Lipinski definition) is 3. The number of carboxylic acid groups (broad SMARTS) is 1. The van der Waals surface area contributed by atoms with E-state index >= 15 is 0 Å². The average molecular weight is 453 g/mol. The normalized spacial score (nSPS) is 20.4. The van der Waals surface area contributed by atoms with E-state index in [2.05, 4.69) is 31.4 Å². The van der Waals surface area contributed by atoms with Crippen molar-refractivity contribution in [1.82, 2.24) is 5.32 Å². The van der Waals surface area contributed by atoms with E-state index in [-0.39, 0.29) is 24.2 Å². The molecule has 0 heterocycles. The van der Waals surface area contributed by atoms with Crippen LogP contribution in [0.3, 0.4) is 0 Å². The number of carbonyl (C=O) groups is 2. The number of aromatic carboxylic acids is 1. The van der Waals surface area contributed by atoms with Crippen molar-refractivity contribution >= 4 is 17.6 Å². The molecule has 3 atom stereocenters. The van der Waals surface area contributed by atoms with Crippen LogP contribution in [0.15, 0.2) is 48.5 Å². The van der Waals surface area contributed by atoms with Crippen LogP contribution >= 0.6 is 0 Å². The highest BCUT2D eigenvalue weighted by molar-refractivity contribution is 5.87. The first kappa shape index (κ1) is 24.8. The third-order valence-electron chi connectivity index (χ3n) is 6.53. The number of nitrogens with one attached hydrogen (secondary N) is 2. The van der Waals surface area contributed by atoms with Crippen molar-refractivity contribution in [1.29, 1.82) is 0 Å². The maximum atomic E-state index is 12.3. The van der Waals surface area contributed by atoms with Crippen LogP contribution in [-0.2, 0) is 22.6 Å². The highest BCUT2D eigenvalue weighted by Gasteiger charge is 2.31. The molecule has 0 spiro atoms. The standard InChI is InChI=1S/C27H36N2O4/c1-18(2)24-13-4-19(3)14-25(24)33-17-26(30)29-16-21-7-11-23(12-8-21)28-15-20-5-9-22(10-6-20)27(31)32/h5-12,18-19,24-25,28H,4,13-17H2,1-3H3,(H,29,30)(H,31,32)/t19-,24+,25-/m1/s1. The van der Waals surface area contributed by atoms with Gasteiger partial charge < -0.3 is 20.5 Å². The molecule has 0 saturated heterocycles. The van der Waals surface area contributed by atoms with Crippen molar-refractivity contribution in [2.24, 2.45) is 17.8 Å². The van der Waals surface area contributed by atoms with Crippen LogP contribution in [0.25, 0.3) is 0 Å². The second-order valence-corrected chi connectivity index (χ2v) is 9.50. The van der Waals surface area contributed by atoms with E-state index in [0.29, 0.717) is 30.8 Å². The molecule has 2 aromatic rings. The van der Waals surface area contributed by atoms with Crippen molar-refractivity contribution in [3.63, 3.8) is 0 Å². The van der Waals surface area contributed by atoms with Gasteiger partial charge in [0.25, 0.3) is 0 Å². The van der Waals surface area contributed by atoms with Gasteiger partial charge in [-0.1, -0.05) is 51.5 Å². The first-order valence-electron chi connectivity index (χ1n) is 11.8. The van der Waals surface area contributed by atoms with Gasteiger partial charge in [0.15, 0.2) is 0 Å². The topological polar surface area (TPSA) is 87.7 Å². The molecule has 178 valence electrons. The SMILES string of the molecule is CC(C)[C@@H]1CC[C@@H](C)C[C@H]1OCC(=O)NCc1ccc(NCc2ccc(C(=O)O)cc2)cc1. The zero-order valence-electron chi connectivity index (χ0n) is 19.8. The van der Waals surface area contributed by atoms with Crippen LogP contribution in [0.5, 0.6) is 0 Å². The summed E-state index contributed by atoms with van der Waals surface area (Å²) in [7, 11) is 0. The molecule has 0 unspecified atom stereocenters. The Kier molecular flexibility index (Phi) is 8.89. The second-order valence-electron chi connectivity index (χ2n) is 9.50. The lowest BCUT2D eigenvalue weighted by Gasteiger charge is -2.37. The van der Waals surface area contributed by atoms with Crippen LogP contribution in [0.1, 0.15) is 61.5 Å². The molecule has 0 radical (unpaired) electrons. The molecule has 6 nitrogen and oxygen atoms in total. The molecule has 2 aromatic carbocycles. The van der Waals surface area contributed by atoms with Crippen LogP contribution < -0.4 is 10.6 Å². The van der Waals surface area contributed by atoms with E-state index < -0.39 is 5.97 Å². The third-order valence-corrected chi connectivity index (χ3v) is 6.53. The number of hydrogen-bond acceptors (Lipinski definition) is 4. The highest BCUT2D eigenvalue weighted by Crippen LogP contribution is 2.35. The Hall–Kier alpha value is -2.86. The quantitative estimate of drug-likeness (QED) is 0.467. The molecule has 1 amide bonds. The molecule has 1 aliphatic rings. The molecule has 6 heteroatoms. The fraction of sp³-hybridized carbons (Fsp3) is 0.481. The fourth-order valence-corrected chi connectivity index (χ4v) is 4.45. The second kappa shape index (κ2) is 11.8. The number of carboxylic acids is 1. The van der Waals surface area contributed by atoms with E-state index in [1.807, 2.05) is 24.3 Å². The highest BCUT2D eigenvalue weighted by atomic mass is 16.5. The van der Waals surface area contributed by atoms with Crippen molar-refractivity contribution in [3.8, 4) is 0 Å². The van der Waals surface area contributed by atoms with Gasteiger partial charge in [-0.15, -0.1) is 0 Å². The molecule has 1 saturated carbocycles. The van der Waals surface area contributed by atoms with Crippen LogP contribution in [0, 0.1) is 17.8 Å². The van der Waals surface area contributed by atoms with Crippen molar-refractivity contribution < 1.29 is 19.4 Å². The summed E-state index contributed by atoms with van der Waals surface area (Å²) in [5.74, 6) is 0.755. The molecule has 1 fully saturated rings. The number of ether oxygens (including phenoxy) is 1. The zero-order valence-corrected chi connectivity index (χ0v) is 19.8. The predicted molar refractivity (Wildman–Crippen MR) is 130 cm³/mol. The summed E-state index contributed by atoms with van der Waals surface area (Å²) in [5, 5.41) is 15.2. The lowest BCUT2D eigenvalue weighted by Crippen LogP contribution is -2.37. The molecule has 0 aliphatic heterocycles. The van der Waals surface area contributed by atoms with Gasteiger partial charge in [-0.3, -0.25) is 4.79 Å². The molecule has 0 bridgehead atoms. The minimum Gasteiger partial charge on any atom is -0.478 e. The Morgan fingerprint density at radius 1 is 1.00 bits per heavy atom. The maximum Gasteiger partial charge on any atom is 0.335 e. The molecule has 33 heavy (non-hydrogen) atoms. The first-order chi connectivity index (χ1) is 15.8. The fourth-order valence-electron chi connectivity index (χ4n) is 4.45. The molecular weight excluding hydrogens is 416 g/mol. The molecule has 3 N–H and O–H groups in total. The van der Waals surface area contributed by atoms with Crippen LogP contribution in [-0.4, -0.2) is 29.7 Å². The van der Waals surface area contributed by atoms with Crippen molar-refractivity contribution in [2.75, 3.05) is 11.9 Å². The number of benzene rings is 2. The number of amides is 1. The van der Waals surface area contributed by atoms with Gasteiger partial charge in [0.1, 0.15) is 6.61 Å². The predicted octanol–water partition coefficient (Wildman–Crippen LogP) is 5.09. The van der Waals surface area contributed by atoms with E-state index in [0.717, 1.165) is 23.2 Å². The maximum absolute atomic E-state index is 12.3. The number of rotatable bonds is 10. The summed E-state index contributed by atoms with van der Waals surface area (Å²) in [6, 6.07) is 14.7. The zero-order chi connectivity index (χ0) is 23.8. The Bertz CT molecular complexity index is 909. The Labute approximate surface area is 196 Å². The summed E-state index contributed by atoms with van der Waals surface area (Å²) >= 11 is 0. The van der Waals surface area contributed by atoms with Gasteiger partial charge in [0.2, 0.25) is 5.91 Å². The summed E-state index contributed by atoms with van der Waals surface area (Å²) in [5.41, 5.74) is 3.26. The summed E-state index contributed by atoms with van der Waals surface area (Å²) < 4.78 is 6.04.